The fraction of sp³-hybridized carbons (Fsp3) is 0.381. The van der Waals surface area contributed by atoms with E-state index in [0.29, 0.717) is 18.6 Å². The molecule has 1 aliphatic heterocycles. The normalized spacial score (nSPS) is 16.4. The van der Waals surface area contributed by atoms with Gasteiger partial charge in [0.05, 0.1) is 19.1 Å². The molecule has 29 heavy (non-hydrogen) atoms. The molecule has 0 radical (unpaired) electrons. The Morgan fingerprint density at radius 1 is 1.24 bits per heavy atom. The molecule has 154 valence electrons. The predicted octanol–water partition coefficient (Wildman–Crippen LogP) is 2.88. The minimum absolute atomic E-state index is 0.0383. The standard InChI is InChI=1S/C21H25N3O4S/c1-24(2)14-15-8-9-17-18(10-11-28-20(17)12-15)22-21(25)13-19(23-29(26)27)16-6-4-3-5-7-16/h3-9,12,18-19H,10-11,13-14H2,1-2H3,(H,22,25). The zero-order valence-electron chi connectivity index (χ0n) is 16.5. The SMILES string of the molecule is CN(C)Cc1ccc2c(c1)OCCC2NC(=O)CC(N=S(=O)=O)c1ccccc1. The van der Waals surface area contributed by atoms with E-state index in [1.807, 2.05) is 38.4 Å². The second-order valence-corrected chi connectivity index (χ2v) is 7.97. The summed E-state index contributed by atoms with van der Waals surface area (Å²) in [6, 6.07) is 14.1. The van der Waals surface area contributed by atoms with Gasteiger partial charge < -0.3 is 15.0 Å². The van der Waals surface area contributed by atoms with Gasteiger partial charge in [0.2, 0.25) is 5.91 Å². The molecule has 1 aliphatic rings. The number of amides is 1. The third-order valence-corrected chi connectivity index (χ3v) is 5.15. The van der Waals surface area contributed by atoms with Gasteiger partial charge in [-0.3, -0.25) is 4.79 Å². The fourth-order valence-corrected chi connectivity index (χ4v) is 3.88. The summed E-state index contributed by atoms with van der Waals surface area (Å²) in [5, 5.41) is 3.02. The fourth-order valence-electron chi connectivity index (χ4n) is 3.47. The maximum atomic E-state index is 12.7. The van der Waals surface area contributed by atoms with Crippen LogP contribution in [0.25, 0.3) is 0 Å². The van der Waals surface area contributed by atoms with E-state index in [0.717, 1.165) is 23.4 Å². The molecule has 7 nitrogen and oxygen atoms in total. The molecule has 8 heteroatoms. The van der Waals surface area contributed by atoms with Crippen molar-refractivity contribution in [2.24, 2.45) is 4.36 Å². The Balaban J connectivity index is 1.73. The molecule has 2 aromatic carbocycles. The van der Waals surface area contributed by atoms with Gasteiger partial charge in [0, 0.05) is 18.5 Å². The van der Waals surface area contributed by atoms with Crippen molar-refractivity contribution in [2.75, 3.05) is 20.7 Å². The molecular weight excluding hydrogens is 390 g/mol. The Morgan fingerprint density at radius 2 is 2.00 bits per heavy atom. The summed E-state index contributed by atoms with van der Waals surface area (Å²) < 4.78 is 31.7. The minimum atomic E-state index is -2.59. The smallest absolute Gasteiger partial charge is 0.311 e. The van der Waals surface area contributed by atoms with E-state index in [4.69, 9.17) is 4.74 Å². The number of fused-ring (bicyclic) bond motifs is 1. The van der Waals surface area contributed by atoms with Gasteiger partial charge in [-0.2, -0.15) is 12.8 Å². The highest BCUT2D eigenvalue weighted by Gasteiger charge is 2.25. The van der Waals surface area contributed by atoms with Crippen molar-refractivity contribution >= 4 is 16.4 Å². The van der Waals surface area contributed by atoms with Crippen LogP contribution in [0, 0.1) is 0 Å². The van der Waals surface area contributed by atoms with Gasteiger partial charge in [0.1, 0.15) is 11.8 Å². The van der Waals surface area contributed by atoms with E-state index in [2.05, 4.69) is 14.6 Å². The summed E-state index contributed by atoms with van der Waals surface area (Å²) in [6.07, 6.45) is 0.621. The Labute approximate surface area is 172 Å². The molecule has 2 unspecified atom stereocenters. The van der Waals surface area contributed by atoms with E-state index >= 15 is 0 Å². The Morgan fingerprint density at radius 3 is 2.69 bits per heavy atom. The van der Waals surface area contributed by atoms with Crippen LogP contribution in [0.2, 0.25) is 0 Å². The van der Waals surface area contributed by atoms with Crippen molar-refractivity contribution in [2.45, 2.75) is 31.5 Å². The van der Waals surface area contributed by atoms with E-state index in [9.17, 15) is 13.2 Å². The van der Waals surface area contributed by atoms with Gasteiger partial charge in [-0.25, -0.2) is 0 Å². The third kappa shape index (κ3) is 5.88. The number of ether oxygens (including phenoxy) is 1. The second-order valence-electron chi connectivity index (χ2n) is 7.32. The highest BCUT2D eigenvalue weighted by Crippen LogP contribution is 2.33. The first kappa shape index (κ1) is 21.0. The topological polar surface area (TPSA) is 88.1 Å². The van der Waals surface area contributed by atoms with Gasteiger partial charge in [-0.15, -0.1) is 0 Å². The molecule has 1 heterocycles. The van der Waals surface area contributed by atoms with E-state index in [1.54, 1.807) is 24.3 Å². The van der Waals surface area contributed by atoms with E-state index in [-0.39, 0.29) is 18.4 Å². The summed E-state index contributed by atoms with van der Waals surface area (Å²) in [7, 11) is 1.42. The number of hydrogen-bond acceptors (Lipinski definition) is 6. The first-order valence-corrected chi connectivity index (χ1v) is 10.5. The van der Waals surface area contributed by atoms with Crippen molar-refractivity contribution in [3.63, 3.8) is 0 Å². The van der Waals surface area contributed by atoms with Crippen LogP contribution in [0.5, 0.6) is 5.75 Å². The molecular formula is C21H25N3O4S. The van der Waals surface area contributed by atoms with E-state index in [1.165, 1.54) is 0 Å². The summed E-state index contributed by atoms with van der Waals surface area (Å²) in [5.41, 5.74) is 2.77. The number of nitrogens with zero attached hydrogens (tertiary/aromatic N) is 2. The molecule has 0 saturated heterocycles. The number of benzene rings is 2. The molecule has 2 atom stereocenters. The first-order chi connectivity index (χ1) is 13.9. The van der Waals surface area contributed by atoms with Gasteiger partial charge in [-0.1, -0.05) is 42.5 Å². The van der Waals surface area contributed by atoms with Crippen molar-refractivity contribution in [3.05, 3.63) is 65.2 Å². The van der Waals surface area contributed by atoms with Crippen LogP contribution < -0.4 is 10.1 Å². The molecule has 1 N–H and O–H groups in total. The quantitative estimate of drug-likeness (QED) is 0.751. The lowest BCUT2D eigenvalue weighted by atomic mass is 9.97. The number of nitrogens with one attached hydrogen (secondary N) is 1. The maximum absolute atomic E-state index is 12.7. The van der Waals surface area contributed by atoms with Crippen LogP contribution in [0.4, 0.5) is 0 Å². The molecule has 0 bridgehead atoms. The zero-order valence-corrected chi connectivity index (χ0v) is 17.4. The van der Waals surface area contributed by atoms with Crippen LogP contribution in [0.1, 0.15) is 41.6 Å². The molecule has 0 aromatic heterocycles. The monoisotopic (exact) mass is 415 g/mol. The molecule has 0 spiro atoms. The average molecular weight is 416 g/mol. The van der Waals surface area contributed by atoms with E-state index < -0.39 is 16.5 Å². The molecule has 2 aromatic rings. The summed E-state index contributed by atoms with van der Waals surface area (Å²) in [4.78, 5) is 14.8. The summed E-state index contributed by atoms with van der Waals surface area (Å²) in [6.45, 7) is 1.32. The average Bonchev–Trinajstić information content (AvgIpc) is 2.67. The lowest BCUT2D eigenvalue weighted by molar-refractivity contribution is -0.122. The Kier molecular flexibility index (Phi) is 7.00. The van der Waals surface area contributed by atoms with Crippen molar-refractivity contribution in [1.29, 1.82) is 0 Å². The number of carbonyl (C=O) groups is 1. The maximum Gasteiger partial charge on any atom is 0.311 e. The summed E-state index contributed by atoms with van der Waals surface area (Å²) in [5.74, 6) is 0.536. The van der Waals surface area contributed by atoms with Crippen LogP contribution in [0.15, 0.2) is 52.9 Å². The third-order valence-electron chi connectivity index (χ3n) is 4.73. The van der Waals surface area contributed by atoms with Gasteiger partial charge in [0.15, 0.2) is 0 Å². The second kappa shape index (κ2) is 9.67. The zero-order chi connectivity index (χ0) is 20.8. The molecule has 0 fully saturated rings. The van der Waals surface area contributed by atoms with Gasteiger partial charge in [-0.05, 0) is 31.3 Å². The number of carbonyl (C=O) groups excluding carboxylic acids is 1. The molecule has 0 saturated carbocycles. The first-order valence-electron chi connectivity index (χ1n) is 9.47. The lowest BCUT2D eigenvalue weighted by Gasteiger charge is -2.28. The van der Waals surface area contributed by atoms with Gasteiger partial charge >= 0.3 is 10.5 Å². The lowest BCUT2D eigenvalue weighted by Crippen LogP contribution is -2.32. The van der Waals surface area contributed by atoms with Crippen molar-refractivity contribution in [1.82, 2.24) is 10.2 Å². The van der Waals surface area contributed by atoms with Crippen molar-refractivity contribution < 1.29 is 17.9 Å². The predicted molar refractivity (Wildman–Crippen MR) is 110 cm³/mol. The summed E-state index contributed by atoms with van der Waals surface area (Å²) >= 11 is 0. The highest BCUT2D eigenvalue weighted by molar-refractivity contribution is 7.61. The number of rotatable bonds is 7. The Bertz CT molecular complexity index is 982. The van der Waals surface area contributed by atoms with Crippen molar-refractivity contribution in [3.8, 4) is 5.75 Å². The highest BCUT2D eigenvalue weighted by atomic mass is 32.2. The van der Waals surface area contributed by atoms with Gasteiger partial charge in [0.25, 0.3) is 0 Å². The molecule has 0 aliphatic carbocycles. The Hall–Kier alpha value is -2.71. The molecule has 1 amide bonds. The largest absolute Gasteiger partial charge is 0.493 e. The number of hydrogen-bond donors (Lipinski definition) is 1. The van der Waals surface area contributed by atoms with Crippen LogP contribution in [0.3, 0.4) is 0 Å². The van der Waals surface area contributed by atoms with Crippen LogP contribution in [-0.4, -0.2) is 39.9 Å². The van der Waals surface area contributed by atoms with Crippen LogP contribution >= 0.6 is 0 Å². The minimum Gasteiger partial charge on any atom is -0.493 e. The van der Waals surface area contributed by atoms with Crippen LogP contribution in [-0.2, 0) is 21.8 Å². The molecule has 3 rings (SSSR count).